The molecular weight excluding hydrogens is 358 g/mol. The normalized spacial score (nSPS) is 21.3. The molecule has 2 N–H and O–H groups in total. The first-order valence-electron chi connectivity index (χ1n) is 9.42. The summed E-state index contributed by atoms with van der Waals surface area (Å²) in [6.45, 7) is 6.37. The zero-order chi connectivity index (χ0) is 20.5. The summed E-state index contributed by atoms with van der Waals surface area (Å²) in [5.41, 5.74) is 3.05. The summed E-state index contributed by atoms with van der Waals surface area (Å²) in [7, 11) is 1.54. The second-order valence-corrected chi connectivity index (χ2v) is 8.15. The SMILES string of the molecule is COCCOC(=O)C1=C(C)NC2=C(C(=O)CC(C)(C)C2)C1c1cccc(O)c1. The third kappa shape index (κ3) is 3.97. The van der Waals surface area contributed by atoms with Crippen LogP contribution in [0, 0.1) is 5.41 Å². The van der Waals surface area contributed by atoms with Gasteiger partial charge in [0.05, 0.1) is 12.2 Å². The molecule has 2 aliphatic rings. The molecule has 1 aromatic rings. The second-order valence-electron chi connectivity index (χ2n) is 8.15. The molecule has 6 nitrogen and oxygen atoms in total. The highest BCUT2D eigenvalue weighted by molar-refractivity contribution is 6.04. The van der Waals surface area contributed by atoms with Gasteiger partial charge in [0.2, 0.25) is 0 Å². The Morgan fingerprint density at radius 2 is 2.04 bits per heavy atom. The number of hydrogen-bond acceptors (Lipinski definition) is 6. The maximum atomic E-state index is 13.1. The lowest BCUT2D eigenvalue weighted by Crippen LogP contribution is -2.38. The number of rotatable bonds is 5. The first-order valence-corrected chi connectivity index (χ1v) is 9.42. The number of dihydropyridines is 1. The average molecular weight is 385 g/mol. The van der Waals surface area contributed by atoms with E-state index in [2.05, 4.69) is 19.2 Å². The molecule has 0 bridgehead atoms. The van der Waals surface area contributed by atoms with E-state index in [4.69, 9.17) is 9.47 Å². The van der Waals surface area contributed by atoms with E-state index in [1.165, 1.54) is 7.11 Å². The van der Waals surface area contributed by atoms with Crippen LogP contribution in [0.5, 0.6) is 5.75 Å². The van der Waals surface area contributed by atoms with E-state index in [1.54, 1.807) is 18.2 Å². The van der Waals surface area contributed by atoms with Gasteiger partial charge in [-0.15, -0.1) is 0 Å². The third-order valence-electron chi connectivity index (χ3n) is 5.18. The standard InChI is InChI=1S/C22H27NO5/c1-13-18(21(26)28-9-8-27-4)19(14-6-5-7-15(24)10-14)20-16(23-13)11-22(2,3)12-17(20)25/h5-7,10,19,23-24H,8-9,11-12H2,1-4H3. The smallest absolute Gasteiger partial charge is 0.336 e. The van der Waals surface area contributed by atoms with E-state index in [9.17, 15) is 14.7 Å². The molecule has 1 atom stereocenters. The topological polar surface area (TPSA) is 84.9 Å². The van der Waals surface area contributed by atoms with Crippen LogP contribution in [0.25, 0.3) is 0 Å². The van der Waals surface area contributed by atoms with Gasteiger partial charge in [-0.3, -0.25) is 4.79 Å². The number of phenolic OH excluding ortho intramolecular Hbond substituents is 1. The second kappa shape index (κ2) is 7.80. The summed E-state index contributed by atoms with van der Waals surface area (Å²) in [6.07, 6.45) is 1.13. The van der Waals surface area contributed by atoms with Gasteiger partial charge >= 0.3 is 5.97 Å². The van der Waals surface area contributed by atoms with Crippen LogP contribution in [0.2, 0.25) is 0 Å². The Morgan fingerprint density at radius 1 is 1.29 bits per heavy atom. The van der Waals surface area contributed by atoms with Gasteiger partial charge in [0, 0.05) is 36.4 Å². The Labute approximate surface area is 165 Å². The Morgan fingerprint density at radius 3 is 2.71 bits per heavy atom. The van der Waals surface area contributed by atoms with E-state index in [1.807, 2.05) is 13.0 Å². The van der Waals surface area contributed by atoms with Crippen LogP contribution < -0.4 is 5.32 Å². The summed E-state index contributed by atoms with van der Waals surface area (Å²) >= 11 is 0. The third-order valence-corrected chi connectivity index (χ3v) is 5.18. The van der Waals surface area contributed by atoms with Crippen molar-refractivity contribution in [3.8, 4) is 5.75 Å². The van der Waals surface area contributed by atoms with Gasteiger partial charge in [-0.25, -0.2) is 4.79 Å². The first-order chi connectivity index (χ1) is 13.2. The zero-order valence-electron chi connectivity index (χ0n) is 16.8. The summed E-state index contributed by atoms with van der Waals surface area (Å²) in [6, 6.07) is 6.71. The van der Waals surface area contributed by atoms with E-state index >= 15 is 0 Å². The fraction of sp³-hybridized carbons (Fsp3) is 0.455. The summed E-state index contributed by atoms with van der Waals surface area (Å²) in [5, 5.41) is 13.3. The van der Waals surface area contributed by atoms with Crippen molar-refractivity contribution in [3.05, 3.63) is 52.4 Å². The molecular formula is C22H27NO5. The molecule has 6 heteroatoms. The number of carbonyl (C=O) groups excluding carboxylic acids is 2. The Balaban J connectivity index is 2.09. The van der Waals surface area contributed by atoms with Crippen molar-refractivity contribution >= 4 is 11.8 Å². The van der Waals surface area contributed by atoms with Crippen LogP contribution in [0.3, 0.4) is 0 Å². The van der Waals surface area contributed by atoms with Crippen LogP contribution in [-0.4, -0.2) is 37.2 Å². The lowest BCUT2D eigenvalue weighted by atomic mass is 9.68. The molecule has 1 aliphatic carbocycles. The Bertz CT molecular complexity index is 865. The predicted octanol–water partition coefficient (Wildman–Crippen LogP) is 3.19. The molecule has 1 heterocycles. The van der Waals surface area contributed by atoms with Crippen molar-refractivity contribution in [2.45, 2.75) is 39.5 Å². The fourth-order valence-electron chi connectivity index (χ4n) is 4.04. The molecule has 28 heavy (non-hydrogen) atoms. The van der Waals surface area contributed by atoms with Gasteiger partial charge in [-0.2, -0.15) is 0 Å². The molecule has 0 radical (unpaired) electrons. The van der Waals surface area contributed by atoms with E-state index in [0.29, 0.717) is 41.9 Å². The van der Waals surface area contributed by atoms with Crippen molar-refractivity contribution in [2.24, 2.45) is 5.41 Å². The molecule has 0 amide bonds. The molecule has 1 aliphatic heterocycles. The molecule has 1 aromatic carbocycles. The number of ether oxygens (including phenoxy) is 2. The number of benzene rings is 1. The van der Waals surface area contributed by atoms with Gasteiger partial charge in [-0.05, 0) is 36.5 Å². The minimum absolute atomic E-state index is 0.0155. The van der Waals surface area contributed by atoms with Crippen LogP contribution in [0.4, 0.5) is 0 Å². The minimum atomic E-state index is -0.568. The fourth-order valence-corrected chi connectivity index (χ4v) is 4.04. The lowest BCUT2D eigenvalue weighted by Gasteiger charge is -2.39. The number of nitrogens with one attached hydrogen (secondary N) is 1. The van der Waals surface area contributed by atoms with Crippen molar-refractivity contribution in [3.63, 3.8) is 0 Å². The molecule has 150 valence electrons. The molecule has 0 aromatic heterocycles. The van der Waals surface area contributed by atoms with E-state index in [-0.39, 0.29) is 23.6 Å². The van der Waals surface area contributed by atoms with Crippen molar-refractivity contribution < 1.29 is 24.2 Å². The van der Waals surface area contributed by atoms with Crippen LogP contribution in [0.1, 0.15) is 45.1 Å². The highest BCUT2D eigenvalue weighted by Gasteiger charge is 2.43. The summed E-state index contributed by atoms with van der Waals surface area (Å²) < 4.78 is 10.3. The van der Waals surface area contributed by atoms with Gasteiger partial charge in [0.15, 0.2) is 5.78 Å². The first kappa shape index (κ1) is 20.1. The van der Waals surface area contributed by atoms with Gasteiger partial charge in [0.25, 0.3) is 0 Å². The quantitative estimate of drug-likeness (QED) is 0.598. The van der Waals surface area contributed by atoms with Crippen LogP contribution in [0.15, 0.2) is 46.8 Å². The maximum absolute atomic E-state index is 13.1. The average Bonchev–Trinajstić information content (AvgIpc) is 2.59. The van der Waals surface area contributed by atoms with Gasteiger partial charge in [-0.1, -0.05) is 26.0 Å². The maximum Gasteiger partial charge on any atom is 0.336 e. The Kier molecular flexibility index (Phi) is 5.61. The molecule has 0 saturated carbocycles. The predicted molar refractivity (Wildman–Crippen MR) is 105 cm³/mol. The summed E-state index contributed by atoms with van der Waals surface area (Å²) in [4.78, 5) is 26.0. The number of phenols is 1. The van der Waals surface area contributed by atoms with Gasteiger partial charge in [0.1, 0.15) is 12.4 Å². The number of allylic oxidation sites excluding steroid dienone is 3. The number of Topliss-reactive ketones (excluding diaryl/α,β-unsaturated/α-hetero) is 1. The molecule has 1 unspecified atom stereocenters. The number of carbonyl (C=O) groups is 2. The molecule has 0 saturated heterocycles. The number of ketones is 1. The highest BCUT2D eigenvalue weighted by Crippen LogP contribution is 2.47. The molecule has 3 rings (SSSR count). The van der Waals surface area contributed by atoms with Crippen molar-refractivity contribution in [1.29, 1.82) is 0 Å². The number of aromatic hydroxyl groups is 1. The monoisotopic (exact) mass is 385 g/mol. The molecule has 0 spiro atoms. The highest BCUT2D eigenvalue weighted by atomic mass is 16.6. The zero-order valence-corrected chi connectivity index (χ0v) is 16.8. The van der Waals surface area contributed by atoms with Crippen LogP contribution in [-0.2, 0) is 19.1 Å². The number of hydrogen-bond donors (Lipinski definition) is 2. The largest absolute Gasteiger partial charge is 0.508 e. The molecule has 0 fully saturated rings. The number of esters is 1. The Hall–Kier alpha value is -2.60. The lowest BCUT2D eigenvalue weighted by molar-refractivity contribution is -0.140. The van der Waals surface area contributed by atoms with E-state index in [0.717, 1.165) is 5.70 Å². The van der Waals surface area contributed by atoms with E-state index < -0.39 is 11.9 Å². The van der Waals surface area contributed by atoms with Gasteiger partial charge < -0.3 is 19.9 Å². The van der Waals surface area contributed by atoms with Crippen molar-refractivity contribution in [1.82, 2.24) is 5.32 Å². The van der Waals surface area contributed by atoms with Crippen molar-refractivity contribution in [2.75, 3.05) is 20.3 Å². The summed E-state index contributed by atoms with van der Waals surface area (Å²) in [5.74, 6) is -0.949. The van der Waals surface area contributed by atoms with Crippen LogP contribution >= 0.6 is 0 Å². The number of methoxy groups -OCH3 is 1. The minimum Gasteiger partial charge on any atom is -0.508 e.